The molecule has 3 nitrogen and oxygen atoms in total. The van der Waals surface area contributed by atoms with Crippen molar-refractivity contribution in [1.82, 2.24) is 10.2 Å². The van der Waals surface area contributed by atoms with E-state index in [2.05, 4.69) is 12.2 Å². The van der Waals surface area contributed by atoms with E-state index < -0.39 is 17.7 Å². The molecule has 1 aliphatic carbocycles. The molecule has 132 valence electrons. The predicted octanol–water partition coefficient (Wildman–Crippen LogP) is 3.65. The van der Waals surface area contributed by atoms with Crippen molar-refractivity contribution >= 4 is 5.91 Å². The highest BCUT2D eigenvalue weighted by Crippen LogP contribution is 2.33. The Balaban J connectivity index is 1.65. The van der Waals surface area contributed by atoms with Gasteiger partial charge < -0.3 is 10.2 Å². The van der Waals surface area contributed by atoms with Gasteiger partial charge in [-0.05, 0) is 44.2 Å². The van der Waals surface area contributed by atoms with E-state index in [9.17, 15) is 13.6 Å². The Morgan fingerprint density at radius 2 is 1.96 bits per heavy atom. The molecule has 1 amide bonds. The van der Waals surface area contributed by atoms with Gasteiger partial charge in [-0.1, -0.05) is 19.4 Å². The largest absolute Gasteiger partial charge is 0.342 e. The summed E-state index contributed by atoms with van der Waals surface area (Å²) in [5.41, 5.74) is 0.101. The maximum absolute atomic E-state index is 14.0. The number of benzene rings is 1. The number of amides is 1. The summed E-state index contributed by atoms with van der Waals surface area (Å²) >= 11 is 0. The second-order valence-corrected chi connectivity index (χ2v) is 7.15. The molecule has 24 heavy (non-hydrogen) atoms. The minimum atomic E-state index is -0.510. The average Bonchev–Trinajstić information content (AvgIpc) is 3.39. The summed E-state index contributed by atoms with van der Waals surface area (Å²) in [7, 11) is 0. The molecule has 3 atom stereocenters. The van der Waals surface area contributed by atoms with E-state index >= 15 is 0 Å². The van der Waals surface area contributed by atoms with Crippen LogP contribution in [0.5, 0.6) is 0 Å². The number of likely N-dealkylation sites (tertiary alicyclic amines) is 1. The first kappa shape index (κ1) is 17.3. The number of nitrogens with one attached hydrogen (secondary N) is 1. The summed E-state index contributed by atoms with van der Waals surface area (Å²) < 4.78 is 27.9. The summed E-state index contributed by atoms with van der Waals surface area (Å²) in [5, 5.41) is 3.40. The molecule has 1 aromatic rings. The minimum absolute atomic E-state index is 0.101. The Morgan fingerprint density at radius 1 is 1.29 bits per heavy atom. The van der Waals surface area contributed by atoms with Gasteiger partial charge in [0, 0.05) is 36.7 Å². The van der Waals surface area contributed by atoms with E-state index in [1.807, 2.05) is 4.90 Å². The number of piperidine rings is 1. The first-order chi connectivity index (χ1) is 11.5. The van der Waals surface area contributed by atoms with Crippen LogP contribution in [0.4, 0.5) is 8.78 Å². The van der Waals surface area contributed by atoms with Crippen molar-refractivity contribution in [2.45, 2.75) is 51.6 Å². The summed E-state index contributed by atoms with van der Waals surface area (Å²) in [6.07, 6.45) is 3.82. The van der Waals surface area contributed by atoms with Crippen molar-refractivity contribution in [2.24, 2.45) is 11.8 Å². The third kappa shape index (κ3) is 3.61. The molecule has 3 rings (SSSR count). The number of hydrogen-bond donors (Lipinski definition) is 1. The lowest BCUT2D eigenvalue weighted by molar-refractivity contribution is -0.134. The van der Waals surface area contributed by atoms with Crippen LogP contribution in [-0.4, -0.2) is 29.9 Å². The number of rotatable bonds is 5. The van der Waals surface area contributed by atoms with Crippen molar-refractivity contribution in [3.63, 3.8) is 0 Å². The Labute approximate surface area is 142 Å². The average molecular weight is 336 g/mol. The van der Waals surface area contributed by atoms with Crippen molar-refractivity contribution in [3.8, 4) is 0 Å². The number of hydrogen-bond acceptors (Lipinski definition) is 2. The van der Waals surface area contributed by atoms with Crippen LogP contribution in [0, 0.1) is 23.5 Å². The Hall–Kier alpha value is -1.49. The van der Waals surface area contributed by atoms with Crippen molar-refractivity contribution in [2.75, 3.05) is 13.1 Å². The van der Waals surface area contributed by atoms with Gasteiger partial charge in [0.05, 0.1) is 0 Å². The molecule has 2 aliphatic rings. The molecule has 0 radical (unpaired) electrons. The summed E-state index contributed by atoms with van der Waals surface area (Å²) in [6.45, 7) is 5.39. The monoisotopic (exact) mass is 336 g/mol. The van der Waals surface area contributed by atoms with Gasteiger partial charge in [-0.15, -0.1) is 0 Å². The quantitative estimate of drug-likeness (QED) is 0.890. The molecule has 0 unspecified atom stereocenters. The molecule has 1 N–H and O–H groups in total. The molecule has 0 spiro atoms. The Kier molecular flexibility index (Phi) is 5.18. The third-order valence-corrected chi connectivity index (χ3v) is 5.39. The van der Waals surface area contributed by atoms with Crippen LogP contribution in [0.15, 0.2) is 18.2 Å². The standard InChI is InChI=1S/C19H26F2N2O/c1-3-13-11-23(19(24)14-7-8-14)10-9-17(13)22-12(2)18-15(20)5-4-6-16(18)21/h4-6,12-14,17,22H,3,7-11H2,1-2H3/t12-,13-,17+/m1/s1. The summed E-state index contributed by atoms with van der Waals surface area (Å²) in [4.78, 5) is 14.3. The number of halogens is 2. The molecule has 1 saturated carbocycles. The SMILES string of the molecule is CC[C@@H]1CN(C(=O)C2CC2)CC[C@@H]1N[C@H](C)c1c(F)cccc1F. The fraction of sp³-hybridized carbons (Fsp3) is 0.632. The van der Waals surface area contributed by atoms with E-state index in [0.29, 0.717) is 11.8 Å². The maximum Gasteiger partial charge on any atom is 0.225 e. The predicted molar refractivity (Wildman–Crippen MR) is 89.4 cm³/mol. The topological polar surface area (TPSA) is 32.3 Å². The van der Waals surface area contributed by atoms with Crippen LogP contribution in [0.1, 0.15) is 51.1 Å². The van der Waals surface area contributed by atoms with E-state index in [0.717, 1.165) is 38.8 Å². The van der Waals surface area contributed by atoms with Gasteiger partial charge in [0.15, 0.2) is 0 Å². The van der Waals surface area contributed by atoms with Crippen molar-refractivity contribution in [1.29, 1.82) is 0 Å². The molecule has 0 bridgehead atoms. The fourth-order valence-electron chi connectivity index (χ4n) is 3.78. The molecule has 1 aromatic carbocycles. The second-order valence-electron chi connectivity index (χ2n) is 7.15. The first-order valence-corrected chi connectivity index (χ1v) is 9.00. The van der Waals surface area contributed by atoms with E-state index in [1.54, 1.807) is 6.92 Å². The van der Waals surface area contributed by atoms with Gasteiger partial charge in [-0.3, -0.25) is 4.79 Å². The smallest absolute Gasteiger partial charge is 0.225 e. The molecule has 0 aromatic heterocycles. The zero-order chi connectivity index (χ0) is 17.3. The first-order valence-electron chi connectivity index (χ1n) is 9.00. The Morgan fingerprint density at radius 3 is 2.54 bits per heavy atom. The molecule has 1 aliphatic heterocycles. The normalized spacial score (nSPS) is 25.6. The van der Waals surface area contributed by atoms with Crippen LogP contribution in [0.2, 0.25) is 0 Å². The lowest BCUT2D eigenvalue weighted by Gasteiger charge is -2.40. The molecule has 2 fully saturated rings. The zero-order valence-electron chi connectivity index (χ0n) is 14.4. The van der Waals surface area contributed by atoms with Gasteiger partial charge >= 0.3 is 0 Å². The lowest BCUT2D eigenvalue weighted by Crippen LogP contribution is -2.51. The number of nitrogens with zero attached hydrogens (tertiary/aromatic N) is 1. The van der Waals surface area contributed by atoms with Gasteiger partial charge in [0.1, 0.15) is 11.6 Å². The highest BCUT2D eigenvalue weighted by Gasteiger charge is 2.38. The minimum Gasteiger partial charge on any atom is -0.342 e. The Bertz CT molecular complexity index is 583. The summed E-state index contributed by atoms with van der Waals surface area (Å²) in [5.74, 6) is -0.161. The van der Waals surface area contributed by atoms with Crippen LogP contribution in [0.25, 0.3) is 0 Å². The van der Waals surface area contributed by atoms with Crippen LogP contribution < -0.4 is 5.32 Å². The summed E-state index contributed by atoms with van der Waals surface area (Å²) in [6, 6.07) is 3.76. The fourth-order valence-corrected chi connectivity index (χ4v) is 3.78. The van der Waals surface area contributed by atoms with Crippen LogP contribution in [-0.2, 0) is 4.79 Å². The van der Waals surface area contributed by atoms with E-state index in [-0.39, 0.29) is 17.5 Å². The molecular formula is C19H26F2N2O. The highest BCUT2D eigenvalue weighted by molar-refractivity contribution is 5.81. The van der Waals surface area contributed by atoms with Gasteiger partial charge in [0.2, 0.25) is 5.91 Å². The molecule has 5 heteroatoms. The molecular weight excluding hydrogens is 310 g/mol. The maximum atomic E-state index is 14.0. The number of carbonyl (C=O) groups excluding carboxylic acids is 1. The lowest BCUT2D eigenvalue weighted by atomic mass is 9.88. The van der Waals surface area contributed by atoms with Gasteiger partial charge in [-0.25, -0.2) is 8.78 Å². The molecule has 1 heterocycles. The van der Waals surface area contributed by atoms with Crippen LogP contribution >= 0.6 is 0 Å². The molecule has 1 saturated heterocycles. The third-order valence-electron chi connectivity index (χ3n) is 5.39. The van der Waals surface area contributed by atoms with E-state index in [4.69, 9.17) is 0 Å². The zero-order valence-corrected chi connectivity index (χ0v) is 14.4. The van der Waals surface area contributed by atoms with Crippen LogP contribution in [0.3, 0.4) is 0 Å². The van der Waals surface area contributed by atoms with Crippen molar-refractivity contribution < 1.29 is 13.6 Å². The highest BCUT2D eigenvalue weighted by atomic mass is 19.1. The van der Waals surface area contributed by atoms with Gasteiger partial charge in [-0.2, -0.15) is 0 Å². The van der Waals surface area contributed by atoms with Gasteiger partial charge in [0.25, 0.3) is 0 Å². The number of carbonyl (C=O) groups is 1. The van der Waals surface area contributed by atoms with E-state index in [1.165, 1.54) is 18.2 Å². The second kappa shape index (κ2) is 7.18. The van der Waals surface area contributed by atoms with Crippen molar-refractivity contribution in [3.05, 3.63) is 35.4 Å².